The molecular formula is C12H26N+. The molecule has 1 saturated carbocycles. The second kappa shape index (κ2) is 6.42. The summed E-state index contributed by atoms with van der Waals surface area (Å²) in [6.07, 6.45) is 11.5. The van der Waals surface area contributed by atoms with Gasteiger partial charge in [0.2, 0.25) is 0 Å². The van der Waals surface area contributed by atoms with Crippen molar-refractivity contribution >= 4 is 0 Å². The van der Waals surface area contributed by atoms with Gasteiger partial charge in [0, 0.05) is 0 Å². The molecule has 0 amide bonds. The van der Waals surface area contributed by atoms with Crippen LogP contribution in [0.25, 0.3) is 0 Å². The van der Waals surface area contributed by atoms with Crippen molar-refractivity contribution in [3.05, 3.63) is 0 Å². The van der Waals surface area contributed by atoms with Gasteiger partial charge in [-0.15, -0.1) is 0 Å². The Bertz CT molecular complexity index is 114. The van der Waals surface area contributed by atoms with Crippen LogP contribution in [0, 0.1) is 0 Å². The SMILES string of the molecule is CCCC(CC)[NH2+]C1CCCCC1. The molecule has 1 rings (SSSR count). The van der Waals surface area contributed by atoms with Crippen LogP contribution in [0.4, 0.5) is 0 Å². The monoisotopic (exact) mass is 184 g/mol. The standard InChI is InChI=1S/C12H25N/c1-3-8-11(4-2)13-12-9-6-5-7-10-12/h11-13H,3-10H2,1-2H3/p+1. The van der Waals surface area contributed by atoms with E-state index in [9.17, 15) is 0 Å². The van der Waals surface area contributed by atoms with E-state index in [1.165, 1.54) is 51.4 Å². The van der Waals surface area contributed by atoms with Gasteiger partial charge in [-0.1, -0.05) is 26.7 Å². The van der Waals surface area contributed by atoms with Crippen LogP contribution in [0.15, 0.2) is 0 Å². The van der Waals surface area contributed by atoms with E-state index in [1.807, 2.05) is 0 Å². The van der Waals surface area contributed by atoms with Gasteiger partial charge in [0.1, 0.15) is 0 Å². The highest BCUT2D eigenvalue weighted by atomic mass is 14.9. The van der Waals surface area contributed by atoms with Crippen molar-refractivity contribution in [1.82, 2.24) is 0 Å². The fraction of sp³-hybridized carbons (Fsp3) is 1.00. The molecule has 0 spiro atoms. The van der Waals surface area contributed by atoms with Crippen molar-refractivity contribution in [3.8, 4) is 0 Å². The smallest absolute Gasteiger partial charge is 0.0861 e. The molecular weight excluding hydrogens is 158 g/mol. The largest absolute Gasteiger partial charge is 0.341 e. The van der Waals surface area contributed by atoms with E-state index in [2.05, 4.69) is 19.2 Å². The molecule has 1 aliphatic rings. The van der Waals surface area contributed by atoms with Crippen LogP contribution in [0.1, 0.15) is 65.2 Å². The first-order valence-corrected chi connectivity index (χ1v) is 6.21. The number of hydrogen-bond donors (Lipinski definition) is 1. The lowest BCUT2D eigenvalue weighted by molar-refractivity contribution is -0.724. The van der Waals surface area contributed by atoms with E-state index in [0.717, 1.165) is 12.1 Å². The summed E-state index contributed by atoms with van der Waals surface area (Å²) in [4.78, 5) is 0. The maximum absolute atomic E-state index is 2.67. The van der Waals surface area contributed by atoms with Gasteiger partial charge in [-0.05, 0) is 38.5 Å². The van der Waals surface area contributed by atoms with Gasteiger partial charge in [-0.25, -0.2) is 0 Å². The first-order valence-electron chi connectivity index (χ1n) is 6.21. The van der Waals surface area contributed by atoms with E-state index >= 15 is 0 Å². The van der Waals surface area contributed by atoms with Gasteiger partial charge in [-0.3, -0.25) is 0 Å². The molecule has 1 unspecified atom stereocenters. The molecule has 1 heteroatoms. The van der Waals surface area contributed by atoms with E-state index in [-0.39, 0.29) is 0 Å². The van der Waals surface area contributed by atoms with Crippen LogP contribution in [-0.4, -0.2) is 12.1 Å². The van der Waals surface area contributed by atoms with Gasteiger partial charge >= 0.3 is 0 Å². The molecule has 0 heterocycles. The normalized spacial score (nSPS) is 21.7. The first-order chi connectivity index (χ1) is 6.36. The summed E-state index contributed by atoms with van der Waals surface area (Å²) in [6.45, 7) is 4.64. The van der Waals surface area contributed by atoms with Gasteiger partial charge in [0.25, 0.3) is 0 Å². The zero-order valence-corrected chi connectivity index (χ0v) is 9.39. The summed E-state index contributed by atoms with van der Waals surface area (Å²) in [5, 5.41) is 2.67. The van der Waals surface area contributed by atoms with Crippen molar-refractivity contribution in [1.29, 1.82) is 0 Å². The van der Waals surface area contributed by atoms with Crippen molar-refractivity contribution in [2.24, 2.45) is 0 Å². The molecule has 0 radical (unpaired) electrons. The highest BCUT2D eigenvalue weighted by Gasteiger charge is 2.19. The third kappa shape index (κ3) is 4.12. The highest BCUT2D eigenvalue weighted by Crippen LogP contribution is 2.15. The summed E-state index contributed by atoms with van der Waals surface area (Å²) >= 11 is 0. The average molecular weight is 184 g/mol. The Labute approximate surface area is 83.3 Å². The minimum absolute atomic E-state index is 0.910. The van der Waals surface area contributed by atoms with Crippen LogP contribution in [0.3, 0.4) is 0 Å². The Hall–Kier alpha value is -0.0400. The van der Waals surface area contributed by atoms with Crippen LogP contribution in [0.2, 0.25) is 0 Å². The average Bonchev–Trinajstić information content (AvgIpc) is 2.19. The summed E-state index contributed by atoms with van der Waals surface area (Å²) in [7, 11) is 0. The molecule has 1 aliphatic carbocycles. The Morgan fingerprint density at radius 1 is 1.15 bits per heavy atom. The number of rotatable bonds is 5. The maximum atomic E-state index is 2.67. The highest BCUT2D eigenvalue weighted by molar-refractivity contribution is 4.63. The van der Waals surface area contributed by atoms with Gasteiger partial charge in [-0.2, -0.15) is 0 Å². The molecule has 0 aromatic carbocycles. The lowest BCUT2D eigenvalue weighted by Gasteiger charge is -2.24. The van der Waals surface area contributed by atoms with Crippen molar-refractivity contribution in [2.45, 2.75) is 77.3 Å². The van der Waals surface area contributed by atoms with Crippen LogP contribution in [0.5, 0.6) is 0 Å². The molecule has 13 heavy (non-hydrogen) atoms. The summed E-state index contributed by atoms with van der Waals surface area (Å²) in [6, 6.07) is 1.87. The molecule has 1 atom stereocenters. The zero-order chi connectivity index (χ0) is 9.52. The van der Waals surface area contributed by atoms with E-state index in [1.54, 1.807) is 0 Å². The third-order valence-corrected chi connectivity index (χ3v) is 3.38. The van der Waals surface area contributed by atoms with E-state index in [0.29, 0.717) is 0 Å². The molecule has 0 saturated heterocycles. The lowest BCUT2D eigenvalue weighted by Crippen LogP contribution is -2.95. The number of quaternary nitrogens is 1. The van der Waals surface area contributed by atoms with E-state index < -0.39 is 0 Å². The molecule has 2 N–H and O–H groups in total. The van der Waals surface area contributed by atoms with Crippen molar-refractivity contribution in [3.63, 3.8) is 0 Å². The second-order valence-corrected chi connectivity index (χ2v) is 4.55. The second-order valence-electron chi connectivity index (χ2n) is 4.55. The molecule has 0 aromatic heterocycles. The van der Waals surface area contributed by atoms with Crippen LogP contribution >= 0.6 is 0 Å². The Morgan fingerprint density at radius 3 is 2.38 bits per heavy atom. The van der Waals surface area contributed by atoms with Gasteiger partial charge in [0.15, 0.2) is 0 Å². The topological polar surface area (TPSA) is 16.6 Å². The third-order valence-electron chi connectivity index (χ3n) is 3.38. The first kappa shape index (κ1) is 11.0. The summed E-state index contributed by atoms with van der Waals surface area (Å²) in [5.74, 6) is 0. The Kier molecular flexibility index (Phi) is 5.45. The van der Waals surface area contributed by atoms with Crippen molar-refractivity contribution < 1.29 is 5.32 Å². The van der Waals surface area contributed by atoms with Gasteiger partial charge in [0.05, 0.1) is 12.1 Å². The van der Waals surface area contributed by atoms with E-state index in [4.69, 9.17) is 0 Å². The Balaban J connectivity index is 2.18. The predicted molar refractivity (Wildman–Crippen MR) is 57.8 cm³/mol. The number of nitrogens with two attached hydrogens (primary N) is 1. The van der Waals surface area contributed by atoms with Crippen LogP contribution in [-0.2, 0) is 0 Å². The fourth-order valence-corrected chi connectivity index (χ4v) is 2.52. The maximum Gasteiger partial charge on any atom is 0.0861 e. The fourth-order valence-electron chi connectivity index (χ4n) is 2.52. The minimum Gasteiger partial charge on any atom is -0.341 e. The molecule has 0 aromatic rings. The molecule has 0 aliphatic heterocycles. The zero-order valence-electron chi connectivity index (χ0n) is 9.39. The van der Waals surface area contributed by atoms with Gasteiger partial charge < -0.3 is 5.32 Å². The van der Waals surface area contributed by atoms with Crippen LogP contribution < -0.4 is 5.32 Å². The molecule has 1 fully saturated rings. The Morgan fingerprint density at radius 2 is 1.85 bits per heavy atom. The lowest BCUT2D eigenvalue weighted by atomic mass is 9.94. The molecule has 1 nitrogen and oxygen atoms in total. The summed E-state index contributed by atoms with van der Waals surface area (Å²) < 4.78 is 0. The molecule has 0 bridgehead atoms. The van der Waals surface area contributed by atoms with Crippen molar-refractivity contribution in [2.75, 3.05) is 0 Å². The summed E-state index contributed by atoms with van der Waals surface area (Å²) in [5.41, 5.74) is 0. The predicted octanol–water partition coefficient (Wildman–Crippen LogP) is 2.46. The molecule has 78 valence electrons. The minimum atomic E-state index is 0.910. The number of hydrogen-bond acceptors (Lipinski definition) is 0. The quantitative estimate of drug-likeness (QED) is 0.676.